The highest BCUT2D eigenvalue weighted by Gasteiger charge is 2.41. The molecule has 9 heteroatoms. The number of likely N-dealkylation sites (tertiary alicyclic amines) is 1. The van der Waals surface area contributed by atoms with Gasteiger partial charge in [0.05, 0.1) is 18.8 Å². The van der Waals surface area contributed by atoms with Gasteiger partial charge in [0.2, 0.25) is 0 Å². The van der Waals surface area contributed by atoms with Gasteiger partial charge in [0.15, 0.2) is 5.96 Å². The van der Waals surface area contributed by atoms with Crippen LogP contribution in [0.1, 0.15) is 26.3 Å². The maximum absolute atomic E-state index is 12.1. The highest BCUT2D eigenvalue weighted by molar-refractivity contribution is 14.0. The fourth-order valence-corrected chi connectivity index (χ4v) is 4.04. The van der Waals surface area contributed by atoms with Gasteiger partial charge in [-0.15, -0.1) is 24.0 Å². The van der Waals surface area contributed by atoms with Crippen LogP contribution in [0.4, 0.5) is 4.79 Å². The fraction of sp³-hybridized carbons (Fsp3) is 0.652. The molecule has 2 saturated heterocycles. The summed E-state index contributed by atoms with van der Waals surface area (Å²) in [6.45, 7) is 11.1. The molecule has 2 atom stereocenters. The first kappa shape index (κ1) is 26.7. The van der Waals surface area contributed by atoms with Crippen molar-refractivity contribution in [3.63, 3.8) is 0 Å². The maximum Gasteiger partial charge on any atom is 0.410 e. The van der Waals surface area contributed by atoms with E-state index in [2.05, 4.69) is 50.4 Å². The monoisotopic (exact) mass is 559 g/mol. The van der Waals surface area contributed by atoms with Crippen LogP contribution >= 0.6 is 24.0 Å². The van der Waals surface area contributed by atoms with Gasteiger partial charge in [0, 0.05) is 53.4 Å². The van der Waals surface area contributed by atoms with Gasteiger partial charge in [-0.2, -0.15) is 0 Å². The number of halogens is 1. The molecule has 2 heterocycles. The van der Waals surface area contributed by atoms with Gasteiger partial charge in [-0.25, -0.2) is 4.79 Å². The van der Waals surface area contributed by atoms with Gasteiger partial charge in [-0.05, 0) is 26.3 Å². The standard InChI is InChI=1S/C23H37N5O3.HI/c1-23(2,3)31-22(29)26(5)12-11-25-21(24-4)28-16-19-20(17-28)30-14-13-27(19)15-18-9-7-6-8-10-18;/h6-10,19-20H,11-17H2,1-5H3,(H,24,25);1H. The van der Waals surface area contributed by atoms with E-state index in [9.17, 15) is 4.79 Å². The molecule has 0 aliphatic carbocycles. The van der Waals surface area contributed by atoms with Gasteiger partial charge < -0.3 is 24.6 Å². The molecule has 1 aromatic carbocycles. The molecule has 32 heavy (non-hydrogen) atoms. The number of aliphatic imine (C=N–C) groups is 1. The maximum atomic E-state index is 12.1. The Morgan fingerprint density at radius 2 is 2.00 bits per heavy atom. The summed E-state index contributed by atoms with van der Waals surface area (Å²) in [5.41, 5.74) is 0.834. The number of hydrogen-bond acceptors (Lipinski definition) is 5. The summed E-state index contributed by atoms with van der Waals surface area (Å²) in [5, 5.41) is 3.39. The third-order valence-corrected chi connectivity index (χ3v) is 5.59. The van der Waals surface area contributed by atoms with Crippen LogP contribution in [0.3, 0.4) is 0 Å². The van der Waals surface area contributed by atoms with Crippen molar-refractivity contribution in [2.45, 2.75) is 45.1 Å². The van der Waals surface area contributed by atoms with E-state index in [4.69, 9.17) is 9.47 Å². The number of guanidine groups is 1. The molecule has 2 fully saturated rings. The molecule has 180 valence electrons. The number of nitrogens with zero attached hydrogens (tertiary/aromatic N) is 4. The number of hydrogen-bond donors (Lipinski definition) is 1. The van der Waals surface area contributed by atoms with E-state index in [-0.39, 0.29) is 36.2 Å². The first-order chi connectivity index (χ1) is 14.8. The molecule has 1 amide bonds. The lowest BCUT2D eigenvalue weighted by atomic mass is 10.1. The Morgan fingerprint density at radius 1 is 1.28 bits per heavy atom. The van der Waals surface area contributed by atoms with Crippen LogP contribution in [0.15, 0.2) is 35.3 Å². The third-order valence-electron chi connectivity index (χ3n) is 5.59. The van der Waals surface area contributed by atoms with Crippen molar-refractivity contribution in [2.24, 2.45) is 4.99 Å². The molecular formula is C23H38IN5O3. The van der Waals surface area contributed by atoms with Gasteiger partial charge in [0.1, 0.15) is 5.60 Å². The molecule has 1 aromatic rings. The first-order valence-corrected chi connectivity index (χ1v) is 11.1. The van der Waals surface area contributed by atoms with Crippen LogP contribution in [0, 0.1) is 0 Å². The van der Waals surface area contributed by atoms with Gasteiger partial charge in [0.25, 0.3) is 0 Å². The van der Waals surface area contributed by atoms with Crippen molar-refractivity contribution in [2.75, 3.05) is 53.4 Å². The average Bonchev–Trinajstić information content (AvgIpc) is 3.15. The SMILES string of the molecule is CN=C(NCCN(C)C(=O)OC(C)(C)C)N1CC2OCCN(Cc3ccccc3)C2C1.I. The van der Waals surface area contributed by atoms with Crippen LogP contribution in [0.25, 0.3) is 0 Å². The number of carbonyl (C=O) groups excluding carboxylic acids is 1. The highest BCUT2D eigenvalue weighted by atomic mass is 127. The second kappa shape index (κ2) is 12.0. The number of fused-ring (bicyclic) bond motifs is 1. The van der Waals surface area contributed by atoms with E-state index in [0.29, 0.717) is 19.1 Å². The number of ether oxygens (including phenoxy) is 2. The number of likely N-dealkylation sites (N-methyl/N-ethyl adjacent to an activating group) is 1. The van der Waals surface area contributed by atoms with Crippen LogP contribution < -0.4 is 5.32 Å². The van der Waals surface area contributed by atoms with Crippen LogP contribution in [-0.4, -0.2) is 97.9 Å². The summed E-state index contributed by atoms with van der Waals surface area (Å²) in [4.78, 5) is 23.0. The zero-order valence-corrected chi connectivity index (χ0v) is 22.2. The minimum absolute atomic E-state index is 0. The molecule has 0 radical (unpaired) electrons. The number of morpholine rings is 1. The predicted molar refractivity (Wildman–Crippen MR) is 138 cm³/mol. The minimum atomic E-state index is -0.494. The lowest BCUT2D eigenvalue weighted by molar-refractivity contribution is -0.0502. The van der Waals surface area contributed by atoms with E-state index in [0.717, 1.165) is 38.7 Å². The molecule has 2 unspecified atom stereocenters. The quantitative estimate of drug-likeness (QED) is 0.340. The van der Waals surface area contributed by atoms with Crippen molar-refractivity contribution in [3.8, 4) is 0 Å². The van der Waals surface area contributed by atoms with E-state index in [1.807, 2.05) is 20.8 Å². The number of carbonyl (C=O) groups is 1. The Labute approximate surface area is 209 Å². The lowest BCUT2D eigenvalue weighted by Crippen LogP contribution is -2.50. The first-order valence-electron chi connectivity index (χ1n) is 11.1. The van der Waals surface area contributed by atoms with Gasteiger partial charge in [-0.1, -0.05) is 30.3 Å². The molecule has 1 N–H and O–H groups in total. The Balaban J connectivity index is 0.00000363. The second-order valence-corrected chi connectivity index (χ2v) is 9.21. The Hall–Kier alpha value is -1.59. The Bertz CT molecular complexity index is 756. The average molecular weight is 559 g/mol. The van der Waals surface area contributed by atoms with Crippen LogP contribution in [-0.2, 0) is 16.0 Å². The Kier molecular flexibility index (Phi) is 10.0. The molecule has 0 saturated carbocycles. The zero-order valence-electron chi connectivity index (χ0n) is 19.9. The normalized spacial score (nSPS) is 21.5. The van der Waals surface area contributed by atoms with Crippen molar-refractivity contribution in [1.82, 2.24) is 20.0 Å². The van der Waals surface area contributed by atoms with E-state index < -0.39 is 5.60 Å². The van der Waals surface area contributed by atoms with Crippen molar-refractivity contribution >= 4 is 36.0 Å². The summed E-state index contributed by atoms with van der Waals surface area (Å²) in [6, 6.07) is 10.9. The summed E-state index contributed by atoms with van der Waals surface area (Å²) in [5.74, 6) is 0.843. The fourth-order valence-electron chi connectivity index (χ4n) is 4.04. The second-order valence-electron chi connectivity index (χ2n) is 9.21. The van der Waals surface area contributed by atoms with Crippen molar-refractivity contribution in [3.05, 3.63) is 35.9 Å². The third kappa shape index (κ3) is 7.48. The minimum Gasteiger partial charge on any atom is -0.444 e. The Morgan fingerprint density at radius 3 is 2.66 bits per heavy atom. The van der Waals surface area contributed by atoms with E-state index in [1.165, 1.54) is 5.56 Å². The number of rotatable bonds is 5. The van der Waals surface area contributed by atoms with Crippen LogP contribution in [0.5, 0.6) is 0 Å². The van der Waals surface area contributed by atoms with Crippen molar-refractivity contribution < 1.29 is 14.3 Å². The van der Waals surface area contributed by atoms with E-state index >= 15 is 0 Å². The summed E-state index contributed by atoms with van der Waals surface area (Å²) >= 11 is 0. The molecule has 2 aliphatic rings. The largest absolute Gasteiger partial charge is 0.444 e. The molecule has 0 spiro atoms. The molecule has 3 rings (SSSR count). The molecule has 0 bridgehead atoms. The number of nitrogens with one attached hydrogen (secondary N) is 1. The van der Waals surface area contributed by atoms with Gasteiger partial charge >= 0.3 is 6.09 Å². The van der Waals surface area contributed by atoms with Crippen LogP contribution in [0.2, 0.25) is 0 Å². The lowest BCUT2D eigenvalue weighted by Gasteiger charge is -2.36. The summed E-state index contributed by atoms with van der Waals surface area (Å²) in [7, 11) is 3.54. The molecular weight excluding hydrogens is 521 g/mol. The topological polar surface area (TPSA) is 69.6 Å². The highest BCUT2D eigenvalue weighted by Crippen LogP contribution is 2.24. The summed E-state index contributed by atoms with van der Waals surface area (Å²) < 4.78 is 11.5. The zero-order chi connectivity index (χ0) is 22.4. The van der Waals surface area contributed by atoms with E-state index in [1.54, 1.807) is 19.0 Å². The number of benzene rings is 1. The smallest absolute Gasteiger partial charge is 0.410 e. The van der Waals surface area contributed by atoms with Gasteiger partial charge in [-0.3, -0.25) is 9.89 Å². The summed E-state index contributed by atoms with van der Waals surface area (Å²) in [6.07, 6.45) is -0.137. The van der Waals surface area contributed by atoms with Crippen molar-refractivity contribution in [1.29, 1.82) is 0 Å². The molecule has 2 aliphatic heterocycles. The molecule has 0 aromatic heterocycles. The predicted octanol–water partition coefficient (Wildman–Crippen LogP) is 2.63. The molecule has 8 nitrogen and oxygen atoms in total. The number of amides is 1.